The highest BCUT2D eigenvalue weighted by atomic mass is 16.5. The van der Waals surface area contributed by atoms with Gasteiger partial charge in [0.25, 0.3) is 5.91 Å². The molecule has 0 aromatic heterocycles. The van der Waals surface area contributed by atoms with E-state index in [0.29, 0.717) is 12.1 Å². The van der Waals surface area contributed by atoms with Gasteiger partial charge in [0.05, 0.1) is 5.60 Å². The van der Waals surface area contributed by atoms with Gasteiger partial charge in [-0.15, -0.1) is 0 Å². The molecule has 0 atom stereocenters. The molecule has 1 aromatic carbocycles. The van der Waals surface area contributed by atoms with Crippen LogP contribution in [0.4, 0.5) is 5.69 Å². The molecule has 0 aliphatic rings. The summed E-state index contributed by atoms with van der Waals surface area (Å²) in [7, 11) is 1.64. The second-order valence-corrected chi connectivity index (χ2v) is 5.60. The monoisotopic (exact) mass is 278 g/mol. The number of hydrogen-bond acceptors (Lipinski definition) is 3. The Morgan fingerprint density at radius 2 is 2.05 bits per heavy atom. The normalized spacial score (nSPS) is 11.2. The number of ether oxygens (including phenoxy) is 1. The van der Waals surface area contributed by atoms with E-state index in [2.05, 4.69) is 17.6 Å². The fourth-order valence-electron chi connectivity index (χ4n) is 1.76. The third-order valence-electron chi connectivity index (χ3n) is 3.28. The molecule has 0 saturated heterocycles. The molecule has 1 aromatic rings. The lowest BCUT2D eigenvalue weighted by Crippen LogP contribution is -2.39. The minimum absolute atomic E-state index is 0.0605. The van der Waals surface area contributed by atoms with Crippen molar-refractivity contribution in [3.8, 4) is 0 Å². The topological polar surface area (TPSA) is 50.4 Å². The minimum Gasteiger partial charge on any atom is -0.385 e. The van der Waals surface area contributed by atoms with Crippen molar-refractivity contribution in [2.75, 3.05) is 25.5 Å². The smallest absolute Gasteiger partial charge is 0.251 e. The first-order chi connectivity index (χ1) is 9.39. The predicted octanol–water partition coefficient (Wildman–Crippen LogP) is 2.97. The molecule has 4 nitrogen and oxygen atoms in total. The van der Waals surface area contributed by atoms with E-state index < -0.39 is 0 Å². The Morgan fingerprint density at radius 1 is 1.35 bits per heavy atom. The Bertz CT molecular complexity index is 456. The molecule has 2 N–H and O–H groups in total. The Balaban J connectivity index is 2.69. The number of nitrogens with one attached hydrogen (secondary N) is 2. The van der Waals surface area contributed by atoms with E-state index in [-0.39, 0.29) is 11.5 Å². The number of aryl methyl sites for hydroxylation is 1. The van der Waals surface area contributed by atoms with Gasteiger partial charge in [-0.3, -0.25) is 4.79 Å². The number of carbonyl (C=O) groups is 1. The molecule has 0 bridgehead atoms. The van der Waals surface area contributed by atoms with Gasteiger partial charge in [-0.05, 0) is 51.0 Å². The van der Waals surface area contributed by atoms with Crippen molar-refractivity contribution in [2.24, 2.45) is 0 Å². The zero-order valence-corrected chi connectivity index (χ0v) is 13.2. The maximum atomic E-state index is 12.2. The van der Waals surface area contributed by atoms with Crippen LogP contribution in [0.2, 0.25) is 0 Å². The number of anilines is 1. The van der Waals surface area contributed by atoms with Gasteiger partial charge in [0, 0.05) is 31.5 Å². The summed E-state index contributed by atoms with van der Waals surface area (Å²) in [4.78, 5) is 12.2. The molecule has 0 spiro atoms. The summed E-state index contributed by atoms with van der Waals surface area (Å²) < 4.78 is 5.29. The third-order valence-corrected chi connectivity index (χ3v) is 3.28. The zero-order chi connectivity index (χ0) is 15.2. The van der Waals surface area contributed by atoms with Gasteiger partial charge in [-0.25, -0.2) is 0 Å². The lowest BCUT2D eigenvalue weighted by molar-refractivity contribution is 0.0228. The molecule has 0 fully saturated rings. The first-order valence-corrected chi connectivity index (χ1v) is 7.07. The summed E-state index contributed by atoms with van der Waals surface area (Å²) in [5.41, 5.74) is 2.38. The third kappa shape index (κ3) is 4.85. The zero-order valence-electron chi connectivity index (χ0n) is 13.2. The Labute approximate surface area is 121 Å². The molecular weight excluding hydrogens is 252 g/mol. The summed E-state index contributed by atoms with van der Waals surface area (Å²) in [5, 5.41) is 6.22. The number of hydrogen-bond donors (Lipinski definition) is 2. The summed E-state index contributed by atoms with van der Waals surface area (Å²) in [6.45, 7) is 9.38. The van der Waals surface area contributed by atoms with Crippen molar-refractivity contribution in [3.63, 3.8) is 0 Å². The van der Waals surface area contributed by atoms with Crippen LogP contribution in [0.25, 0.3) is 0 Å². The highest BCUT2D eigenvalue weighted by Crippen LogP contribution is 2.15. The number of benzene rings is 1. The molecule has 1 rings (SSSR count). The molecule has 0 aliphatic carbocycles. The van der Waals surface area contributed by atoms with Crippen molar-refractivity contribution in [1.82, 2.24) is 5.32 Å². The number of methoxy groups -OCH3 is 1. The van der Waals surface area contributed by atoms with Crippen molar-refractivity contribution in [3.05, 3.63) is 29.3 Å². The first-order valence-electron chi connectivity index (χ1n) is 7.07. The molecule has 0 radical (unpaired) electrons. The molecule has 4 heteroatoms. The molecule has 0 heterocycles. The second kappa shape index (κ2) is 7.29. The van der Waals surface area contributed by atoms with Crippen LogP contribution in [0.15, 0.2) is 18.2 Å². The minimum atomic E-state index is -0.355. The summed E-state index contributed by atoms with van der Waals surface area (Å²) in [5.74, 6) is -0.0605. The van der Waals surface area contributed by atoms with Crippen molar-refractivity contribution >= 4 is 11.6 Å². The Kier molecular flexibility index (Phi) is 6.02. The van der Waals surface area contributed by atoms with Crippen LogP contribution >= 0.6 is 0 Å². The van der Waals surface area contributed by atoms with E-state index in [9.17, 15) is 4.79 Å². The van der Waals surface area contributed by atoms with Gasteiger partial charge in [0.2, 0.25) is 0 Å². The van der Waals surface area contributed by atoms with Crippen molar-refractivity contribution < 1.29 is 9.53 Å². The van der Waals surface area contributed by atoms with Crippen LogP contribution in [0.3, 0.4) is 0 Å². The highest BCUT2D eigenvalue weighted by molar-refractivity contribution is 5.96. The fourth-order valence-corrected chi connectivity index (χ4v) is 1.76. The maximum Gasteiger partial charge on any atom is 0.251 e. The average Bonchev–Trinajstić information content (AvgIpc) is 2.42. The summed E-state index contributed by atoms with van der Waals surface area (Å²) in [6.07, 6.45) is 1.08. The Morgan fingerprint density at radius 3 is 2.60 bits per heavy atom. The quantitative estimate of drug-likeness (QED) is 0.806. The summed E-state index contributed by atoms with van der Waals surface area (Å²) >= 11 is 0. The molecule has 0 unspecified atom stereocenters. The lowest BCUT2D eigenvalue weighted by Gasteiger charge is -2.23. The van der Waals surface area contributed by atoms with Crippen LogP contribution in [-0.2, 0) is 4.74 Å². The fraction of sp³-hybridized carbons (Fsp3) is 0.562. The van der Waals surface area contributed by atoms with Gasteiger partial charge in [-0.2, -0.15) is 0 Å². The predicted molar refractivity (Wildman–Crippen MR) is 83.4 cm³/mol. The molecule has 0 aliphatic heterocycles. The average molecular weight is 278 g/mol. The van der Waals surface area contributed by atoms with Gasteiger partial charge in [0.1, 0.15) is 0 Å². The Hall–Kier alpha value is -1.55. The molecule has 1 amide bonds. The van der Waals surface area contributed by atoms with Gasteiger partial charge < -0.3 is 15.4 Å². The van der Waals surface area contributed by atoms with Crippen molar-refractivity contribution in [2.45, 2.75) is 39.7 Å². The van der Waals surface area contributed by atoms with E-state index in [1.54, 1.807) is 7.11 Å². The first kappa shape index (κ1) is 16.5. The number of carbonyl (C=O) groups excluding carboxylic acids is 1. The largest absolute Gasteiger partial charge is 0.385 e. The number of rotatable bonds is 7. The second-order valence-electron chi connectivity index (χ2n) is 5.60. The molecule has 20 heavy (non-hydrogen) atoms. The van der Waals surface area contributed by atoms with Gasteiger partial charge in [-0.1, -0.05) is 6.92 Å². The SMILES string of the molecule is CCCNc1ccc(C(=O)NCC(C)(C)OC)c(C)c1. The van der Waals surface area contributed by atoms with E-state index in [4.69, 9.17) is 4.74 Å². The van der Waals surface area contributed by atoms with Gasteiger partial charge >= 0.3 is 0 Å². The lowest BCUT2D eigenvalue weighted by atomic mass is 10.1. The van der Waals surface area contributed by atoms with E-state index in [1.807, 2.05) is 39.0 Å². The van der Waals surface area contributed by atoms with Gasteiger partial charge in [0.15, 0.2) is 0 Å². The summed E-state index contributed by atoms with van der Waals surface area (Å²) in [6, 6.07) is 5.81. The van der Waals surface area contributed by atoms with Crippen LogP contribution in [-0.4, -0.2) is 31.7 Å². The van der Waals surface area contributed by atoms with Crippen molar-refractivity contribution in [1.29, 1.82) is 0 Å². The van der Waals surface area contributed by atoms with E-state index >= 15 is 0 Å². The van der Waals surface area contributed by atoms with Crippen LogP contribution in [0.5, 0.6) is 0 Å². The van der Waals surface area contributed by atoms with Crippen LogP contribution < -0.4 is 10.6 Å². The molecular formula is C16H26N2O2. The standard InChI is InChI=1S/C16H26N2O2/c1-6-9-17-13-7-8-14(12(2)10-13)15(19)18-11-16(3,4)20-5/h7-8,10,17H,6,9,11H2,1-5H3,(H,18,19). The van der Waals surface area contributed by atoms with Crippen LogP contribution in [0, 0.1) is 6.92 Å². The number of amides is 1. The maximum absolute atomic E-state index is 12.2. The molecule has 0 saturated carbocycles. The van der Waals surface area contributed by atoms with E-state index in [1.165, 1.54) is 0 Å². The van der Waals surface area contributed by atoms with Crippen LogP contribution in [0.1, 0.15) is 43.1 Å². The highest BCUT2D eigenvalue weighted by Gasteiger charge is 2.18. The molecule has 112 valence electrons. The van der Waals surface area contributed by atoms with E-state index in [0.717, 1.165) is 24.2 Å².